The van der Waals surface area contributed by atoms with E-state index in [0.717, 1.165) is 18.0 Å². The largest absolute Gasteiger partial charge is 0.486 e. The average molecular weight is 314 g/mol. The number of rotatable bonds is 8. The Kier molecular flexibility index (Phi) is 6.81. The number of nitrogens with one attached hydrogen (secondary N) is 1. The predicted molar refractivity (Wildman–Crippen MR) is 88.4 cm³/mol. The molecule has 120 valence electrons. The van der Waals surface area contributed by atoms with E-state index in [0.29, 0.717) is 28.8 Å². The Morgan fingerprint density at radius 2 is 2.00 bits per heavy atom. The fourth-order valence-corrected chi connectivity index (χ4v) is 2.69. The molecule has 0 aromatic carbocycles. The maximum absolute atomic E-state index is 11.9. The highest BCUT2D eigenvalue weighted by molar-refractivity contribution is 7.19. The van der Waals surface area contributed by atoms with Crippen LogP contribution in [0.2, 0.25) is 0 Å². The molecule has 0 aliphatic carbocycles. The number of thiophene rings is 1. The first-order valence-electron chi connectivity index (χ1n) is 7.36. The first-order chi connectivity index (χ1) is 9.86. The van der Waals surface area contributed by atoms with Crippen molar-refractivity contribution >= 4 is 28.0 Å². The van der Waals surface area contributed by atoms with Gasteiger partial charge in [0.25, 0.3) is 0 Å². The van der Waals surface area contributed by atoms with Gasteiger partial charge in [0, 0.05) is 6.54 Å². The van der Waals surface area contributed by atoms with Crippen LogP contribution in [0.25, 0.3) is 0 Å². The first-order valence-corrected chi connectivity index (χ1v) is 8.18. The molecule has 1 aromatic rings. The lowest BCUT2D eigenvalue weighted by atomic mass is 10.1. The van der Waals surface area contributed by atoms with Gasteiger partial charge in [-0.1, -0.05) is 13.8 Å². The van der Waals surface area contributed by atoms with Gasteiger partial charge in [0.05, 0.1) is 12.7 Å². The molecular weight excluding hydrogens is 288 g/mol. The van der Waals surface area contributed by atoms with Crippen LogP contribution < -0.4 is 15.8 Å². The molecule has 0 saturated heterocycles. The minimum absolute atomic E-state index is 0.0115. The fourth-order valence-electron chi connectivity index (χ4n) is 1.72. The summed E-state index contributed by atoms with van der Waals surface area (Å²) >= 11 is 1.29. The SMILES string of the molecule is CCOC(=O)c1sc(NCCC(C)C)c(OC(C)C)c1N. The second kappa shape index (κ2) is 8.12. The minimum atomic E-state index is -0.398. The number of esters is 1. The van der Waals surface area contributed by atoms with Crippen LogP contribution in [0.4, 0.5) is 10.7 Å². The lowest BCUT2D eigenvalue weighted by Crippen LogP contribution is -2.10. The number of carbonyl (C=O) groups excluding carboxylic acids is 1. The fraction of sp³-hybridized carbons (Fsp3) is 0.667. The molecule has 0 unspecified atom stereocenters. The third-order valence-corrected chi connectivity index (χ3v) is 3.85. The highest BCUT2D eigenvalue weighted by Crippen LogP contribution is 2.43. The van der Waals surface area contributed by atoms with Crippen molar-refractivity contribution in [3.05, 3.63) is 4.88 Å². The monoisotopic (exact) mass is 314 g/mol. The Balaban J connectivity index is 2.97. The zero-order chi connectivity index (χ0) is 16.0. The third kappa shape index (κ3) is 5.12. The van der Waals surface area contributed by atoms with E-state index in [2.05, 4.69) is 19.2 Å². The molecule has 0 amide bonds. The van der Waals surface area contributed by atoms with Gasteiger partial charge in [-0.15, -0.1) is 11.3 Å². The van der Waals surface area contributed by atoms with Crippen LogP contribution in [0.15, 0.2) is 0 Å². The maximum Gasteiger partial charge on any atom is 0.350 e. The second-order valence-corrected chi connectivity index (χ2v) is 6.52. The van der Waals surface area contributed by atoms with Crippen molar-refractivity contribution in [2.75, 3.05) is 24.2 Å². The minimum Gasteiger partial charge on any atom is -0.486 e. The van der Waals surface area contributed by atoms with E-state index >= 15 is 0 Å². The standard InChI is InChI=1S/C15H26N2O3S/c1-6-19-15(18)13-11(16)12(20-10(4)5)14(21-13)17-8-7-9(2)3/h9-10,17H,6-8,16H2,1-5H3. The van der Waals surface area contributed by atoms with Crippen molar-refractivity contribution in [2.24, 2.45) is 5.92 Å². The molecule has 21 heavy (non-hydrogen) atoms. The topological polar surface area (TPSA) is 73.6 Å². The number of carbonyl (C=O) groups is 1. The molecule has 5 nitrogen and oxygen atoms in total. The molecule has 1 aromatic heterocycles. The van der Waals surface area contributed by atoms with Gasteiger partial charge in [-0.2, -0.15) is 0 Å². The van der Waals surface area contributed by atoms with Crippen LogP contribution in [-0.4, -0.2) is 25.2 Å². The average Bonchev–Trinajstić information content (AvgIpc) is 2.67. The third-order valence-electron chi connectivity index (χ3n) is 2.72. The Hall–Kier alpha value is -1.43. The van der Waals surface area contributed by atoms with Crippen LogP contribution in [-0.2, 0) is 4.74 Å². The van der Waals surface area contributed by atoms with E-state index in [1.165, 1.54) is 11.3 Å². The van der Waals surface area contributed by atoms with Gasteiger partial charge in [0.15, 0.2) is 5.75 Å². The highest BCUT2D eigenvalue weighted by Gasteiger charge is 2.23. The summed E-state index contributed by atoms with van der Waals surface area (Å²) in [4.78, 5) is 12.3. The molecule has 1 rings (SSSR count). The van der Waals surface area contributed by atoms with E-state index in [1.54, 1.807) is 6.92 Å². The summed E-state index contributed by atoms with van der Waals surface area (Å²) in [7, 11) is 0. The Morgan fingerprint density at radius 3 is 2.52 bits per heavy atom. The van der Waals surface area contributed by atoms with Gasteiger partial charge in [-0.3, -0.25) is 0 Å². The van der Waals surface area contributed by atoms with E-state index in [1.807, 2.05) is 13.8 Å². The van der Waals surface area contributed by atoms with Gasteiger partial charge in [0.2, 0.25) is 0 Å². The molecule has 0 saturated carbocycles. The molecule has 0 aliphatic rings. The van der Waals surface area contributed by atoms with Crippen molar-refractivity contribution < 1.29 is 14.3 Å². The molecule has 6 heteroatoms. The van der Waals surface area contributed by atoms with Crippen molar-refractivity contribution in [1.29, 1.82) is 0 Å². The molecule has 0 aliphatic heterocycles. The van der Waals surface area contributed by atoms with Gasteiger partial charge < -0.3 is 20.5 Å². The molecule has 1 heterocycles. The quantitative estimate of drug-likeness (QED) is 0.715. The molecule has 0 spiro atoms. The van der Waals surface area contributed by atoms with Gasteiger partial charge in [-0.25, -0.2) is 4.79 Å². The highest BCUT2D eigenvalue weighted by atomic mass is 32.1. The number of nitrogen functional groups attached to an aromatic ring is 1. The normalized spacial score (nSPS) is 11.0. The van der Waals surface area contributed by atoms with E-state index < -0.39 is 5.97 Å². The van der Waals surface area contributed by atoms with Crippen LogP contribution in [0, 0.1) is 5.92 Å². The molecule has 0 fully saturated rings. The molecule has 0 bridgehead atoms. The Bertz CT molecular complexity index is 470. The van der Waals surface area contributed by atoms with Crippen molar-refractivity contribution in [3.8, 4) is 5.75 Å². The zero-order valence-corrected chi connectivity index (χ0v) is 14.3. The predicted octanol–water partition coefficient (Wildman–Crippen LogP) is 3.75. The maximum atomic E-state index is 11.9. The smallest absolute Gasteiger partial charge is 0.350 e. The summed E-state index contributed by atoms with van der Waals surface area (Å²) < 4.78 is 10.8. The second-order valence-electron chi connectivity index (χ2n) is 5.50. The Morgan fingerprint density at radius 1 is 1.33 bits per heavy atom. The van der Waals surface area contributed by atoms with Crippen molar-refractivity contribution in [3.63, 3.8) is 0 Å². The van der Waals surface area contributed by atoms with E-state index in [9.17, 15) is 4.79 Å². The van der Waals surface area contributed by atoms with Gasteiger partial charge >= 0.3 is 5.97 Å². The number of hydrogen-bond donors (Lipinski definition) is 2. The summed E-state index contributed by atoms with van der Waals surface area (Å²) in [6.45, 7) is 11.1. The van der Waals surface area contributed by atoms with E-state index in [-0.39, 0.29) is 6.10 Å². The number of anilines is 2. The van der Waals surface area contributed by atoms with Crippen LogP contribution in [0.3, 0.4) is 0 Å². The lowest BCUT2D eigenvalue weighted by Gasteiger charge is -2.13. The molecule has 0 atom stereocenters. The summed E-state index contributed by atoms with van der Waals surface area (Å²) in [6.07, 6.45) is 1.02. The molecule has 0 radical (unpaired) electrons. The number of ether oxygens (including phenoxy) is 2. The van der Waals surface area contributed by atoms with Crippen LogP contribution in [0.5, 0.6) is 5.75 Å². The zero-order valence-electron chi connectivity index (χ0n) is 13.5. The summed E-state index contributed by atoms with van der Waals surface area (Å²) in [5.41, 5.74) is 6.42. The van der Waals surface area contributed by atoms with Gasteiger partial charge in [0.1, 0.15) is 15.6 Å². The van der Waals surface area contributed by atoms with Gasteiger partial charge in [-0.05, 0) is 33.1 Å². The number of nitrogens with two attached hydrogens (primary N) is 1. The number of hydrogen-bond acceptors (Lipinski definition) is 6. The summed E-state index contributed by atoms with van der Waals surface area (Å²) in [6, 6.07) is 0. The summed E-state index contributed by atoms with van der Waals surface area (Å²) in [5, 5.41) is 4.11. The first kappa shape index (κ1) is 17.6. The van der Waals surface area contributed by atoms with E-state index in [4.69, 9.17) is 15.2 Å². The molecular formula is C15H26N2O3S. The van der Waals surface area contributed by atoms with Crippen molar-refractivity contribution in [2.45, 2.75) is 47.1 Å². The van der Waals surface area contributed by atoms with Crippen molar-refractivity contribution in [1.82, 2.24) is 0 Å². The lowest BCUT2D eigenvalue weighted by molar-refractivity contribution is 0.0533. The summed E-state index contributed by atoms with van der Waals surface area (Å²) in [5.74, 6) is 0.765. The van der Waals surface area contributed by atoms with Crippen LogP contribution in [0.1, 0.15) is 50.7 Å². The molecule has 3 N–H and O–H groups in total. The van der Waals surface area contributed by atoms with Crippen LogP contribution >= 0.6 is 11.3 Å². The Labute approximate surface area is 130 Å².